The van der Waals surface area contributed by atoms with Gasteiger partial charge in [0.1, 0.15) is 18.1 Å². The first-order valence-electron chi connectivity index (χ1n) is 8.30. The van der Waals surface area contributed by atoms with E-state index in [0.29, 0.717) is 42.6 Å². The lowest BCUT2D eigenvalue weighted by molar-refractivity contribution is 0.0969. The fourth-order valence-electron chi connectivity index (χ4n) is 2.22. The zero-order chi connectivity index (χ0) is 19.6. The number of benzene rings is 2. The molecule has 0 aliphatic carbocycles. The SMILES string of the molecule is CCOc1ccccc1NC(=S)NC(=O)c1cc(Br)ccc1OCCOC. The van der Waals surface area contributed by atoms with E-state index in [1.54, 1.807) is 25.3 Å². The Balaban J connectivity index is 2.08. The Hall–Kier alpha value is -2.16. The van der Waals surface area contributed by atoms with E-state index in [-0.39, 0.29) is 11.0 Å². The van der Waals surface area contributed by atoms with Crippen molar-refractivity contribution < 1.29 is 19.0 Å². The molecule has 0 unspecified atom stereocenters. The van der Waals surface area contributed by atoms with E-state index in [1.807, 2.05) is 31.2 Å². The Labute approximate surface area is 172 Å². The molecule has 0 saturated heterocycles. The fraction of sp³-hybridized carbons (Fsp3) is 0.263. The third-order valence-corrected chi connectivity index (χ3v) is 4.09. The number of ether oxygens (including phenoxy) is 3. The quantitative estimate of drug-likeness (QED) is 0.465. The minimum atomic E-state index is -0.380. The van der Waals surface area contributed by atoms with Gasteiger partial charge in [-0.05, 0) is 49.5 Å². The second-order valence-corrected chi connectivity index (χ2v) is 6.64. The third-order valence-electron chi connectivity index (χ3n) is 3.39. The second-order valence-electron chi connectivity index (χ2n) is 5.32. The van der Waals surface area contributed by atoms with Crippen LogP contribution in [0.1, 0.15) is 17.3 Å². The number of carbonyl (C=O) groups is 1. The number of rotatable bonds is 8. The Morgan fingerprint density at radius 2 is 1.89 bits per heavy atom. The predicted molar refractivity (Wildman–Crippen MR) is 113 cm³/mol. The average Bonchev–Trinajstić information content (AvgIpc) is 2.64. The lowest BCUT2D eigenvalue weighted by atomic mass is 10.2. The van der Waals surface area contributed by atoms with Crippen LogP contribution in [0, 0.1) is 0 Å². The highest BCUT2D eigenvalue weighted by Gasteiger charge is 2.15. The van der Waals surface area contributed by atoms with Crippen LogP contribution in [-0.2, 0) is 4.74 Å². The van der Waals surface area contributed by atoms with Crippen molar-refractivity contribution in [3.63, 3.8) is 0 Å². The summed E-state index contributed by atoms with van der Waals surface area (Å²) in [6, 6.07) is 12.6. The van der Waals surface area contributed by atoms with Gasteiger partial charge in [-0.2, -0.15) is 0 Å². The van der Waals surface area contributed by atoms with Gasteiger partial charge in [0.25, 0.3) is 5.91 Å². The number of amides is 1. The molecule has 0 aliphatic rings. The highest BCUT2D eigenvalue weighted by atomic mass is 79.9. The number of nitrogens with one attached hydrogen (secondary N) is 2. The smallest absolute Gasteiger partial charge is 0.261 e. The van der Waals surface area contributed by atoms with E-state index in [0.717, 1.165) is 4.47 Å². The molecule has 27 heavy (non-hydrogen) atoms. The van der Waals surface area contributed by atoms with Crippen LogP contribution in [0.25, 0.3) is 0 Å². The minimum Gasteiger partial charge on any atom is -0.492 e. The van der Waals surface area contributed by atoms with Crippen molar-refractivity contribution in [3.05, 3.63) is 52.5 Å². The van der Waals surface area contributed by atoms with E-state index >= 15 is 0 Å². The molecule has 0 heterocycles. The molecule has 0 bridgehead atoms. The van der Waals surface area contributed by atoms with Gasteiger partial charge in [-0.25, -0.2) is 0 Å². The fourth-order valence-corrected chi connectivity index (χ4v) is 2.78. The monoisotopic (exact) mass is 452 g/mol. The van der Waals surface area contributed by atoms with Crippen LogP contribution in [0.2, 0.25) is 0 Å². The van der Waals surface area contributed by atoms with Crippen molar-refractivity contribution in [2.24, 2.45) is 0 Å². The maximum absolute atomic E-state index is 12.7. The van der Waals surface area contributed by atoms with Crippen molar-refractivity contribution in [3.8, 4) is 11.5 Å². The van der Waals surface area contributed by atoms with Crippen LogP contribution in [0.15, 0.2) is 46.9 Å². The van der Waals surface area contributed by atoms with Crippen LogP contribution in [0.5, 0.6) is 11.5 Å². The molecular formula is C19H21BrN2O4S. The second kappa shape index (κ2) is 10.9. The maximum Gasteiger partial charge on any atom is 0.261 e. The number of halogens is 1. The summed E-state index contributed by atoms with van der Waals surface area (Å²) in [5.41, 5.74) is 1.04. The number of hydrogen-bond acceptors (Lipinski definition) is 5. The molecule has 2 aromatic carbocycles. The molecule has 8 heteroatoms. The van der Waals surface area contributed by atoms with E-state index in [4.69, 9.17) is 26.4 Å². The van der Waals surface area contributed by atoms with E-state index in [9.17, 15) is 4.79 Å². The summed E-state index contributed by atoms with van der Waals surface area (Å²) in [5, 5.41) is 5.81. The van der Waals surface area contributed by atoms with E-state index < -0.39 is 0 Å². The van der Waals surface area contributed by atoms with Crippen LogP contribution in [-0.4, -0.2) is 38.0 Å². The van der Waals surface area contributed by atoms with Crippen LogP contribution >= 0.6 is 28.1 Å². The predicted octanol–water partition coefficient (Wildman–Crippen LogP) is 4.00. The molecule has 0 aliphatic heterocycles. The maximum atomic E-state index is 12.7. The average molecular weight is 453 g/mol. The van der Waals surface area contributed by atoms with Crippen LogP contribution < -0.4 is 20.1 Å². The molecule has 0 saturated carbocycles. The summed E-state index contributed by atoms with van der Waals surface area (Å²) in [5.74, 6) is 0.725. The zero-order valence-corrected chi connectivity index (χ0v) is 17.5. The summed E-state index contributed by atoms with van der Waals surface area (Å²) < 4.78 is 16.9. The number of hydrogen-bond donors (Lipinski definition) is 2. The minimum absolute atomic E-state index is 0.162. The van der Waals surface area contributed by atoms with Gasteiger partial charge in [0.05, 0.1) is 24.5 Å². The Morgan fingerprint density at radius 1 is 1.11 bits per heavy atom. The van der Waals surface area contributed by atoms with Gasteiger partial charge >= 0.3 is 0 Å². The molecule has 0 fully saturated rings. The highest BCUT2D eigenvalue weighted by molar-refractivity contribution is 9.10. The standard InChI is InChI=1S/C19H21BrN2O4S/c1-3-25-17-7-5-4-6-15(17)21-19(27)22-18(23)14-12-13(20)8-9-16(14)26-11-10-24-2/h4-9,12H,3,10-11H2,1-2H3,(H2,21,22,23,27). The largest absolute Gasteiger partial charge is 0.492 e. The van der Waals surface area contributed by atoms with Crippen molar-refractivity contribution in [2.45, 2.75) is 6.92 Å². The summed E-state index contributed by atoms with van der Waals surface area (Å²) in [6.45, 7) is 3.18. The van der Waals surface area contributed by atoms with Gasteiger partial charge in [0.15, 0.2) is 5.11 Å². The molecule has 0 aromatic heterocycles. The van der Waals surface area contributed by atoms with Gasteiger partial charge in [0.2, 0.25) is 0 Å². The van der Waals surface area contributed by atoms with Crippen LogP contribution in [0.3, 0.4) is 0 Å². The molecule has 0 radical (unpaired) electrons. The number of thiocarbonyl (C=S) groups is 1. The molecule has 0 spiro atoms. The first-order valence-corrected chi connectivity index (χ1v) is 9.50. The normalized spacial score (nSPS) is 10.2. The number of anilines is 1. The van der Waals surface area contributed by atoms with Crippen molar-refractivity contribution in [1.82, 2.24) is 5.32 Å². The first kappa shape index (κ1) is 21.1. The summed E-state index contributed by atoms with van der Waals surface area (Å²) >= 11 is 8.64. The van der Waals surface area contributed by atoms with E-state index in [1.165, 1.54) is 0 Å². The molecule has 2 N–H and O–H groups in total. The first-order chi connectivity index (χ1) is 13.0. The van der Waals surface area contributed by atoms with Crippen molar-refractivity contribution in [2.75, 3.05) is 32.2 Å². The third kappa shape index (κ3) is 6.50. The summed E-state index contributed by atoms with van der Waals surface area (Å²) in [4.78, 5) is 12.7. The topological polar surface area (TPSA) is 68.8 Å². The Morgan fingerprint density at radius 3 is 2.63 bits per heavy atom. The molecule has 144 valence electrons. The molecule has 1 amide bonds. The van der Waals surface area contributed by atoms with Gasteiger partial charge in [-0.15, -0.1) is 0 Å². The van der Waals surface area contributed by atoms with Crippen molar-refractivity contribution >= 4 is 44.9 Å². The van der Waals surface area contributed by atoms with Crippen LogP contribution in [0.4, 0.5) is 5.69 Å². The lowest BCUT2D eigenvalue weighted by Crippen LogP contribution is -2.34. The van der Waals surface area contributed by atoms with Gasteiger partial charge < -0.3 is 19.5 Å². The molecule has 6 nitrogen and oxygen atoms in total. The van der Waals surface area contributed by atoms with E-state index in [2.05, 4.69) is 26.6 Å². The molecule has 0 atom stereocenters. The Kier molecular flexibility index (Phi) is 8.50. The molecule has 2 aromatic rings. The van der Waals surface area contributed by atoms with Crippen molar-refractivity contribution in [1.29, 1.82) is 0 Å². The number of methoxy groups -OCH3 is 1. The van der Waals surface area contributed by atoms with Gasteiger partial charge in [-0.3, -0.25) is 10.1 Å². The van der Waals surface area contributed by atoms with Gasteiger partial charge in [-0.1, -0.05) is 28.1 Å². The molecular weight excluding hydrogens is 432 g/mol. The zero-order valence-electron chi connectivity index (χ0n) is 15.1. The summed E-state index contributed by atoms with van der Waals surface area (Å²) in [7, 11) is 1.59. The van der Waals surface area contributed by atoms with Gasteiger partial charge in [0, 0.05) is 11.6 Å². The highest BCUT2D eigenvalue weighted by Crippen LogP contribution is 2.25. The Bertz CT molecular complexity index is 801. The molecule has 2 rings (SSSR count). The number of para-hydroxylation sites is 2. The summed E-state index contributed by atoms with van der Waals surface area (Å²) in [6.07, 6.45) is 0. The lowest BCUT2D eigenvalue weighted by Gasteiger charge is -2.15. The number of carbonyl (C=O) groups excluding carboxylic acids is 1.